The molecule has 1 atom stereocenters. The normalized spacial score (nSPS) is 19.8. The average Bonchev–Trinajstić information content (AvgIpc) is 2.63. The molecular weight excluding hydrogens is 218 g/mol. The van der Waals surface area contributed by atoms with E-state index in [1.54, 1.807) is 17.0 Å². The summed E-state index contributed by atoms with van der Waals surface area (Å²) >= 11 is 0. The van der Waals surface area contributed by atoms with Crippen LogP contribution in [0.3, 0.4) is 0 Å². The van der Waals surface area contributed by atoms with E-state index in [-0.39, 0.29) is 24.0 Å². The monoisotopic (exact) mass is 235 g/mol. The Labute approximate surface area is 101 Å². The molecule has 1 heterocycles. The Kier molecular flexibility index (Phi) is 3.22. The minimum absolute atomic E-state index is 0.0885. The molecule has 0 aliphatic carbocycles. The van der Waals surface area contributed by atoms with Gasteiger partial charge in [0.2, 0.25) is 0 Å². The second kappa shape index (κ2) is 4.65. The van der Waals surface area contributed by atoms with Gasteiger partial charge in [-0.25, -0.2) is 4.79 Å². The summed E-state index contributed by atoms with van der Waals surface area (Å²) < 4.78 is 5.29. The van der Waals surface area contributed by atoms with Gasteiger partial charge in [-0.3, -0.25) is 0 Å². The zero-order valence-corrected chi connectivity index (χ0v) is 10.1. The van der Waals surface area contributed by atoms with Crippen molar-refractivity contribution in [3.63, 3.8) is 0 Å². The first kappa shape index (κ1) is 11.8. The quantitative estimate of drug-likeness (QED) is 0.873. The van der Waals surface area contributed by atoms with Gasteiger partial charge >= 0.3 is 6.09 Å². The van der Waals surface area contributed by atoms with E-state index < -0.39 is 0 Å². The minimum atomic E-state index is -0.233. The van der Waals surface area contributed by atoms with Gasteiger partial charge in [-0.2, -0.15) is 0 Å². The molecule has 1 fully saturated rings. The van der Waals surface area contributed by atoms with E-state index in [1.165, 1.54) is 0 Å². The number of benzene rings is 1. The third-order valence-corrected chi connectivity index (χ3v) is 2.93. The molecule has 17 heavy (non-hydrogen) atoms. The number of nitrogens with zero attached hydrogens (tertiary/aromatic N) is 1. The minimum Gasteiger partial charge on any atom is -0.508 e. The van der Waals surface area contributed by atoms with Crippen LogP contribution < -0.4 is 0 Å². The maximum Gasteiger partial charge on any atom is 0.410 e. The number of cyclic esters (lactones) is 1. The molecule has 0 bridgehead atoms. The lowest BCUT2D eigenvalue weighted by molar-refractivity contribution is 0.129. The average molecular weight is 235 g/mol. The Morgan fingerprint density at radius 3 is 2.59 bits per heavy atom. The van der Waals surface area contributed by atoms with Crippen LogP contribution in [0.15, 0.2) is 24.3 Å². The Morgan fingerprint density at radius 1 is 1.41 bits per heavy atom. The second-order valence-corrected chi connectivity index (χ2v) is 4.62. The number of aromatic hydroxyl groups is 1. The highest BCUT2D eigenvalue weighted by atomic mass is 16.6. The highest BCUT2D eigenvalue weighted by Crippen LogP contribution is 2.19. The molecule has 1 aromatic carbocycles. The standard InChI is InChI=1S/C13H17NO3/c1-9(2)14-8-12(17-13(14)16)7-10-3-5-11(15)6-4-10/h3-6,9,12,15H,7-8H2,1-2H3. The van der Waals surface area contributed by atoms with Crippen LogP contribution in [0.2, 0.25) is 0 Å². The highest BCUT2D eigenvalue weighted by molar-refractivity contribution is 5.70. The molecule has 2 rings (SSSR count). The molecular formula is C13H17NO3. The van der Waals surface area contributed by atoms with Crippen LogP contribution >= 0.6 is 0 Å². The molecule has 0 aromatic heterocycles. The zero-order valence-electron chi connectivity index (χ0n) is 10.1. The van der Waals surface area contributed by atoms with Gasteiger partial charge in [-0.15, -0.1) is 0 Å². The molecule has 1 aliphatic heterocycles. The third-order valence-electron chi connectivity index (χ3n) is 2.93. The smallest absolute Gasteiger partial charge is 0.410 e. The van der Waals surface area contributed by atoms with E-state index in [1.807, 2.05) is 26.0 Å². The predicted molar refractivity (Wildman–Crippen MR) is 63.9 cm³/mol. The number of hydrogen-bond donors (Lipinski definition) is 1. The Morgan fingerprint density at radius 2 is 2.06 bits per heavy atom. The van der Waals surface area contributed by atoms with Crippen molar-refractivity contribution in [1.82, 2.24) is 4.90 Å². The summed E-state index contributed by atoms with van der Waals surface area (Å²) in [7, 11) is 0. The number of carbonyl (C=O) groups is 1. The maximum absolute atomic E-state index is 11.5. The molecule has 1 unspecified atom stereocenters. The lowest BCUT2D eigenvalue weighted by Gasteiger charge is -2.16. The first-order valence-corrected chi connectivity index (χ1v) is 5.81. The molecule has 1 amide bonds. The number of rotatable bonds is 3. The van der Waals surface area contributed by atoms with Crippen LogP contribution in [0, 0.1) is 0 Å². The molecule has 92 valence electrons. The van der Waals surface area contributed by atoms with Gasteiger partial charge < -0.3 is 14.7 Å². The first-order valence-electron chi connectivity index (χ1n) is 5.81. The van der Waals surface area contributed by atoms with E-state index in [4.69, 9.17) is 4.74 Å². The largest absolute Gasteiger partial charge is 0.508 e. The number of amides is 1. The lowest BCUT2D eigenvalue weighted by Crippen LogP contribution is -2.32. The zero-order chi connectivity index (χ0) is 12.4. The molecule has 4 nitrogen and oxygen atoms in total. The maximum atomic E-state index is 11.5. The van der Waals surface area contributed by atoms with Gasteiger partial charge in [0.25, 0.3) is 0 Å². The van der Waals surface area contributed by atoms with Crippen molar-refractivity contribution < 1.29 is 14.6 Å². The van der Waals surface area contributed by atoms with Crippen molar-refractivity contribution in [2.24, 2.45) is 0 Å². The van der Waals surface area contributed by atoms with Gasteiger partial charge in [0.1, 0.15) is 11.9 Å². The molecule has 4 heteroatoms. The van der Waals surface area contributed by atoms with Crippen LogP contribution in [0.1, 0.15) is 19.4 Å². The second-order valence-electron chi connectivity index (χ2n) is 4.62. The molecule has 1 saturated heterocycles. The summed E-state index contributed by atoms with van der Waals surface area (Å²) in [6, 6.07) is 7.16. The Bertz CT molecular complexity index is 400. The number of ether oxygens (including phenoxy) is 1. The molecule has 1 aromatic rings. The predicted octanol–water partition coefficient (Wildman–Crippen LogP) is 2.16. The summed E-state index contributed by atoms with van der Waals surface area (Å²) in [5, 5.41) is 9.18. The van der Waals surface area contributed by atoms with Gasteiger partial charge in [0.05, 0.1) is 6.54 Å². The Hall–Kier alpha value is -1.71. The summed E-state index contributed by atoms with van der Waals surface area (Å²) in [5.41, 5.74) is 1.06. The van der Waals surface area contributed by atoms with Gasteiger partial charge in [-0.1, -0.05) is 12.1 Å². The van der Waals surface area contributed by atoms with E-state index in [2.05, 4.69) is 0 Å². The van der Waals surface area contributed by atoms with E-state index in [0.717, 1.165) is 5.56 Å². The van der Waals surface area contributed by atoms with Crippen molar-refractivity contribution in [3.8, 4) is 5.75 Å². The number of phenolic OH excluding ortho intramolecular Hbond substituents is 1. The van der Waals surface area contributed by atoms with Crippen LogP contribution in [-0.2, 0) is 11.2 Å². The number of hydrogen-bond acceptors (Lipinski definition) is 3. The van der Waals surface area contributed by atoms with Gasteiger partial charge in [0, 0.05) is 12.5 Å². The molecule has 1 N–H and O–H groups in total. The van der Waals surface area contributed by atoms with Gasteiger partial charge in [0.15, 0.2) is 0 Å². The number of carbonyl (C=O) groups excluding carboxylic acids is 1. The van der Waals surface area contributed by atoms with E-state index >= 15 is 0 Å². The molecule has 0 spiro atoms. The summed E-state index contributed by atoms with van der Waals surface area (Å²) in [4.78, 5) is 13.3. The molecule has 0 radical (unpaired) electrons. The van der Waals surface area contributed by atoms with E-state index in [0.29, 0.717) is 13.0 Å². The molecule has 0 saturated carbocycles. The molecule has 1 aliphatic rings. The van der Waals surface area contributed by atoms with E-state index in [9.17, 15) is 9.90 Å². The van der Waals surface area contributed by atoms with Crippen LogP contribution in [0.4, 0.5) is 4.79 Å². The summed E-state index contributed by atoms with van der Waals surface area (Å²) in [6.45, 7) is 4.59. The fraction of sp³-hybridized carbons (Fsp3) is 0.462. The van der Waals surface area contributed by atoms with Crippen LogP contribution in [0.5, 0.6) is 5.75 Å². The third kappa shape index (κ3) is 2.70. The summed E-state index contributed by atoms with van der Waals surface area (Å²) in [6.07, 6.45) is 0.369. The topological polar surface area (TPSA) is 49.8 Å². The van der Waals surface area contributed by atoms with Crippen LogP contribution in [-0.4, -0.2) is 34.8 Å². The number of phenols is 1. The van der Waals surface area contributed by atoms with Crippen molar-refractivity contribution in [3.05, 3.63) is 29.8 Å². The van der Waals surface area contributed by atoms with Gasteiger partial charge in [-0.05, 0) is 31.5 Å². The highest BCUT2D eigenvalue weighted by Gasteiger charge is 2.32. The summed E-state index contributed by atoms with van der Waals surface area (Å²) in [5.74, 6) is 0.251. The van der Waals surface area contributed by atoms with Crippen molar-refractivity contribution in [1.29, 1.82) is 0 Å². The fourth-order valence-corrected chi connectivity index (χ4v) is 1.96. The Balaban J connectivity index is 1.97. The first-order chi connectivity index (χ1) is 8.06. The fourth-order valence-electron chi connectivity index (χ4n) is 1.96. The lowest BCUT2D eigenvalue weighted by atomic mass is 10.1. The van der Waals surface area contributed by atoms with Crippen molar-refractivity contribution in [2.75, 3.05) is 6.54 Å². The SMILES string of the molecule is CC(C)N1CC(Cc2ccc(O)cc2)OC1=O. The van der Waals surface area contributed by atoms with Crippen molar-refractivity contribution in [2.45, 2.75) is 32.4 Å². The van der Waals surface area contributed by atoms with Crippen molar-refractivity contribution >= 4 is 6.09 Å². The van der Waals surface area contributed by atoms with Crippen LogP contribution in [0.25, 0.3) is 0 Å².